The summed E-state index contributed by atoms with van der Waals surface area (Å²) in [6.07, 6.45) is 3.47. The highest BCUT2D eigenvalue weighted by Crippen LogP contribution is 2.33. The molecule has 0 aliphatic carbocycles. The molecule has 3 aliphatic rings. The van der Waals surface area contributed by atoms with E-state index in [1.807, 2.05) is 82.0 Å². The third kappa shape index (κ3) is 6.21. The zero-order valence-corrected chi connectivity index (χ0v) is 26.0. The van der Waals surface area contributed by atoms with Gasteiger partial charge in [-0.25, -0.2) is 9.48 Å². The van der Waals surface area contributed by atoms with Gasteiger partial charge >= 0.3 is 6.03 Å². The van der Waals surface area contributed by atoms with E-state index in [4.69, 9.17) is 5.10 Å². The topological polar surface area (TPSA) is 128 Å². The molecule has 0 unspecified atom stereocenters. The molecule has 2 aromatic heterocycles. The standard InChI is InChI=1S/C33H38N8O3S/c42-26(14-8-7-13-25-30-24(21-45-25)34-33(44)35-30)40-18-15-39(16-19-40)17-20-41-32-27(28(38-41)22-9-3-1-4-10-22)31(43)29(36-37-32)23-11-5-2-6-12-23/h1-6,9-12,24-25,30H,7-8,13-21H2,(H,37,43)(H2,34,35,44)/t24-,25-,30-/m0/s1. The van der Waals surface area contributed by atoms with E-state index in [1.54, 1.807) is 0 Å². The lowest BCUT2D eigenvalue weighted by molar-refractivity contribution is -0.133. The van der Waals surface area contributed by atoms with E-state index in [0.29, 0.717) is 53.7 Å². The van der Waals surface area contributed by atoms with Gasteiger partial charge in [-0.1, -0.05) is 67.1 Å². The van der Waals surface area contributed by atoms with Crippen LogP contribution in [0.3, 0.4) is 0 Å². The number of hydrogen-bond acceptors (Lipinski definition) is 7. The Balaban J connectivity index is 0.944. The molecule has 45 heavy (non-hydrogen) atoms. The van der Waals surface area contributed by atoms with Crippen molar-refractivity contribution < 1.29 is 9.59 Å². The number of nitrogens with zero attached hydrogens (tertiary/aromatic N) is 5. The molecule has 0 spiro atoms. The van der Waals surface area contributed by atoms with Crippen LogP contribution in [0.4, 0.5) is 4.79 Å². The van der Waals surface area contributed by atoms with Gasteiger partial charge in [0.15, 0.2) is 5.65 Å². The van der Waals surface area contributed by atoms with Crippen LogP contribution in [0.2, 0.25) is 0 Å². The van der Waals surface area contributed by atoms with E-state index in [1.165, 1.54) is 0 Å². The zero-order valence-electron chi connectivity index (χ0n) is 25.2. The molecule has 0 saturated carbocycles. The average molecular weight is 627 g/mol. The molecule has 5 heterocycles. The molecular formula is C33H38N8O3S. The number of piperazine rings is 1. The summed E-state index contributed by atoms with van der Waals surface area (Å²) >= 11 is 1.92. The third-order valence-corrected chi connectivity index (χ3v) is 10.7. The van der Waals surface area contributed by atoms with E-state index in [-0.39, 0.29) is 29.5 Å². The molecule has 0 bridgehead atoms. The summed E-state index contributed by atoms with van der Waals surface area (Å²) in [5, 5.41) is 19.5. The van der Waals surface area contributed by atoms with Gasteiger partial charge < -0.3 is 15.5 Å². The molecule has 3 fully saturated rings. The number of benzene rings is 2. The Morgan fingerprint density at radius 3 is 2.31 bits per heavy atom. The van der Waals surface area contributed by atoms with Gasteiger partial charge in [0.25, 0.3) is 0 Å². The molecule has 2 aromatic carbocycles. The van der Waals surface area contributed by atoms with Crippen molar-refractivity contribution in [1.82, 2.24) is 40.4 Å². The monoisotopic (exact) mass is 626 g/mol. The average Bonchev–Trinajstić information content (AvgIpc) is 3.76. The Morgan fingerprint density at radius 2 is 1.58 bits per heavy atom. The number of unbranched alkanes of at least 4 members (excludes halogenated alkanes) is 1. The number of amides is 3. The van der Waals surface area contributed by atoms with Gasteiger partial charge in [-0.15, -0.1) is 0 Å². The maximum atomic E-state index is 13.8. The molecule has 3 saturated heterocycles. The van der Waals surface area contributed by atoms with Crippen LogP contribution in [0.25, 0.3) is 33.5 Å². The number of nitrogens with one attached hydrogen (secondary N) is 3. The summed E-state index contributed by atoms with van der Waals surface area (Å²) in [7, 11) is 0. The second kappa shape index (κ2) is 13.1. The van der Waals surface area contributed by atoms with E-state index >= 15 is 0 Å². The Bertz CT molecular complexity index is 1720. The number of aromatic nitrogens is 4. The van der Waals surface area contributed by atoms with Crippen LogP contribution < -0.4 is 16.1 Å². The van der Waals surface area contributed by atoms with Crippen molar-refractivity contribution in [3.63, 3.8) is 0 Å². The number of carbonyl (C=O) groups excluding carboxylic acids is 2. The predicted molar refractivity (Wildman–Crippen MR) is 176 cm³/mol. The first kappa shape index (κ1) is 29.5. The first-order valence-corrected chi connectivity index (χ1v) is 16.9. The maximum Gasteiger partial charge on any atom is 0.315 e. The number of H-pyrrole nitrogens is 1. The molecule has 7 rings (SSSR count). The number of thioether (sulfide) groups is 1. The fourth-order valence-corrected chi connectivity index (χ4v) is 8.24. The Hall–Kier alpha value is -4.16. The Labute approximate surface area is 265 Å². The lowest BCUT2D eigenvalue weighted by Crippen LogP contribution is -2.49. The molecule has 3 aliphatic heterocycles. The number of carbonyl (C=O) groups is 2. The molecule has 4 aromatic rings. The normalized spacial score (nSPS) is 21.6. The highest BCUT2D eigenvalue weighted by molar-refractivity contribution is 8.00. The van der Waals surface area contributed by atoms with Crippen molar-refractivity contribution >= 4 is 34.7 Å². The fourth-order valence-electron chi connectivity index (χ4n) is 6.70. The van der Waals surface area contributed by atoms with Crippen molar-refractivity contribution in [2.45, 2.75) is 49.6 Å². The summed E-state index contributed by atoms with van der Waals surface area (Å²) in [6.45, 7) is 4.38. The van der Waals surface area contributed by atoms with Gasteiger partial charge in [-0.3, -0.25) is 19.6 Å². The van der Waals surface area contributed by atoms with Gasteiger partial charge in [-0.05, 0) is 12.8 Å². The summed E-state index contributed by atoms with van der Waals surface area (Å²) in [5.41, 5.74) is 3.16. The van der Waals surface area contributed by atoms with Gasteiger partial charge in [-0.2, -0.15) is 22.0 Å². The molecule has 3 atom stereocenters. The Kier molecular flexibility index (Phi) is 8.57. The second-order valence-corrected chi connectivity index (χ2v) is 13.3. The van der Waals surface area contributed by atoms with E-state index in [2.05, 4.69) is 25.7 Å². The molecule has 234 valence electrons. The van der Waals surface area contributed by atoms with Crippen molar-refractivity contribution in [3.05, 3.63) is 70.9 Å². The predicted octanol–water partition coefficient (Wildman–Crippen LogP) is 3.32. The SMILES string of the molecule is O=C1N[C@H]2[C@H](CS[C@H]2CCCCC(=O)N2CCN(CCn3nc(-c4ccccc4)c4c(=O)c(-c5ccccc5)n[nH]c43)CC2)N1. The number of hydrogen-bond donors (Lipinski definition) is 3. The van der Waals surface area contributed by atoms with Gasteiger partial charge in [0.05, 0.1) is 24.0 Å². The summed E-state index contributed by atoms with van der Waals surface area (Å²) < 4.78 is 1.86. The molecule has 3 amide bonds. The molecular weight excluding hydrogens is 588 g/mol. The van der Waals surface area contributed by atoms with Crippen LogP contribution in [0.1, 0.15) is 25.7 Å². The summed E-state index contributed by atoms with van der Waals surface area (Å²) in [4.78, 5) is 42.6. The maximum absolute atomic E-state index is 13.8. The number of rotatable bonds is 10. The van der Waals surface area contributed by atoms with Crippen LogP contribution >= 0.6 is 11.8 Å². The lowest BCUT2D eigenvalue weighted by atomic mass is 10.0. The lowest BCUT2D eigenvalue weighted by Gasteiger charge is -2.34. The molecule has 11 nitrogen and oxygen atoms in total. The number of fused-ring (bicyclic) bond motifs is 2. The minimum absolute atomic E-state index is 0.0520. The van der Waals surface area contributed by atoms with Crippen LogP contribution in [-0.2, 0) is 11.3 Å². The number of urea groups is 1. The third-order valence-electron chi connectivity index (χ3n) is 9.18. The zero-order chi connectivity index (χ0) is 30.8. The first-order valence-electron chi connectivity index (χ1n) is 15.8. The highest BCUT2D eigenvalue weighted by Gasteiger charge is 2.42. The van der Waals surface area contributed by atoms with Gasteiger partial charge in [0.1, 0.15) is 11.4 Å². The van der Waals surface area contributed by atoms with Crippen molar-refractivity contribution in [2.75, 3.05) is 38.5 Å². The van der Waals surface area contributed by atoms with Crippen LogP contribution in [0.5, 0.6) is 0 Å². The van der Waals surface area contributed by atoms with E-state index < -0.39 is 0 Å². The summed E-state index contributed by atoms with van der Waals surface area (Å²) in [5.74, 6) is 1.19. The van der Waals surface area contributed by atoms with E-state index in [0.717, 1.165) is 55.8 Å². The van der Waals surface area contributed by atoms with Crippen LogP contribution in [0, 0.1) is 0 Å². The van der Waals surface area contributed by atoms with Crippen LogP contribution in [-0.4, -0.2) is 97.5 Å². The van der Waals surface area contributed by atoms with Crippen molar-refractivity contribution in [3.8, 4) is 22.5 Å². The first-order chi connectivity index (χ1) is 22.0. The van der Waals surface area contributed by atoms with Crippen molar-refractivity contribution in [2.24, 2.45) is 0 Å². The molecule has 0 radical (unpaired) electrons. The molecule has 3 N–H and O–H groups in total. The summed E-state index contributed by atoms with van der Waals surface area (Å²) in [6, 6.07) is 19.7. The quantitative estimate of drug-likeness (QED) is 0.182. The Morgan fingerprint density at radius 1 is 0.867 bits per heavy atom. The van der Waals surface area contributed by atoms with Gasteiger partial charge in [0, 0.05) is 61.3 Å². The minimum atomic E-state index is -0.138. The van der Waals surface area contributed by atoms with Crippen LogP contribution in [0.15, 0.2) is 65.5 Å². The second-order valence-electron chi connectivity index (χ2n) is 12.0. The minimum Gasteiger partial charge on any atom is -0.340 e. The van der Waals surface area contributed by atoms with Gasteiger partial charge in [0.2, 0.25) is 11.3 Å². The fraction of sp³-hybridized carbons (Fsp3) is 0.424. The molecule has 12 heteroatoms. The van der Waals surface area contributed by atoms with E-state index in [9.17, 15) is 14.4 Å². The highest BCUT2D eigenvalue weighted by atomic mass is 32.2. The van der Waals surface area contributed by atoms with Crippen molar-refractivity contribution in [1.29, 1.82) is 0 Å². The smallest absolute Gasteiger partial charge is 0.315 e. The number of aromatic amines is 1. The largest absolute Gasteiger partial charge is 0.340 e.